The van der Waals surface area contributed by atoms with Gasteiger partial charge in [-0.15, -0.1) is 11.3 Å². The lowest BCUT2D eigenvalue weighted by molar-refractivity contribution is -0.119. The zero-order valence-electron chi connectivity index (χ0n) is 8.24. The Kier molecular flexibility index (Phi) is 3.83. The van der Waals surface area contributed by atoms with Crippen LogP contribution in [0.1, 0.15) is 29.9 Å². The van der Waals surface area contributed by atoms with Crippen molar-refractivity contribution in [2.24, 2.45) is 0 Å². The first kappa shape index (κ1) is 10.9. The number of ketones is 1. The van der Waals surface area contributed by atoms with E-state index in [-0.39, 0.29) is 17.7 Å². The quantitative estimate of drug-likeness (QED) is 0.772. The standard InChI is InChI=1S/C10H13NO2S/c1-7(11-8(2)12)6-9(13)10-4-3-5-14-10/h3-5,7H,6H2,1-2H3,(H,11,12). The van der Waals surface area contributed by atoms with E-state index in [1.807, 2.05) is 18.4 Å². The Hall–Kier alpha value is -1.16. The number of Topliss-reactive ketones (excluding diaryl/α,β-unsaturated/α-hetero) is 1. The smallest absolute Gasteiger partial charge is 0.217 e. The molecule has 0 radical (unpaired) electrons. The second-order valence-corrected chi connectivity index (χ2v) is 4.15. The molecule has 0 spiro atoms. The van der Waals surface area contributed by atoms with Crippen molar-refractivity contribution in [3.8, 4) is 0 Å². The van der Waals surface area contributed by atoms with Crippen LogP contribution in [0.2, 0.25) is 0 Å². The monoisotopic (exact) mass is 211 g/mol. The van der Waals surface area contributed by atoms with Crippen LogP contribution in [0.5, 0.6) is 0 Å². The van der Waals surface area contributed by atoms with Crippen LogP contribution in [0, 0.1) is 0 Å². The molecule has 0 aromatic carbocycles. The third-order valence-corrected chi connectivity index (χ3v) is 2.65. The molecule has 14 heavy (non-hydrogen) atoms. The van der Waals surface area contributed by atoms with Gasteiger partial charge in [0, 0.05) is 19.4 Å². The highest BCUT2D eigenvalue weighted by Crippen LogP contribution is 2.12. The largest absolute Gasteiger partial charge is 0.353 e. The van der Waals surface area contributed by atoms with Crippen LogP contribution < -0.4 is 5.32 Å². The summed E-state index contributed by atoms with van der Waals surface area (Å²) in [7, 11) is 0. The van der Waals surface area contributed by atoms with Crippen molar-refractivity contribution in [3.05, 3.63) is 22.4 Å². The lowest BCUT2D eigenvalue weighted by Crippen LogP contribution is -2.32. The van der Waals surface area contributed by atoms with Gasteiger partial charge in [-0.3, -0.25) is 9.59 Å². The Morgan fingerprint density at radius 3 is 2.79 bits per heavy atom. The molecule has 1 aromatic rings. The molecule has 1 rings (SSSR count). The van der Waals surface area contributed by atoms with Crippen molar-refractivity contribution in [2.75, 3.05) is 0 Å². The molecular formula is C10H13NO2S. The fourth-order valence-electron chi connectivity index (χ4n) is 1.21. The maximum atomic E-state index is 11.6. The number of nitrogens with one attached hydrogen (secondary N) is 1. The molecule has 1 amide bonds. The van der Waals surface area contributed by atoms with Crippen molar-refractivity contribution in [1.82, 2.24) is 5.32 Å². The summed E-state index contributed by atoms with van der Waals surface area (Å²) < 4.78 is 0. The number of rotatable bonds is 4. The van der Waals surface area contributed by atoms with Gasteiger partial charge in [0.15, 0.2) is 5.78 Å². The number of carbonyl (C=O) groups excluding carboxylic acids is 2. The predicted molar refractivity (Wildman–Crippen MR) is 56.5 cm³/mol. The van der Waals surface area contributed by atoms with Gasteiger partial charge < -0.3 is 5.32 Å². The number of hydrogen-bond donors (Lipinski definition) is 1. The first-order chi connectivity index (χ1) is 6.59. The Morgan fingerprint density at radius 1 is 1.57 bits per heavy atom. The molecule has 1 N–H and O–H groups in total. The minimum absolute atomic E-state index is 0.0845. The molecule has 0 aliphatic heterocycles. The van der Waals surface area contributed by atoms with Gasteiger partial charge in [-0.05, 0) is 18.4 Å². The Bertz CT molecular complexity index is 319. The van der Waals surface area contributed by atoms with Gasteiger partial charge in [0.05, 0.1) is 4.88 Å². The van der Waals surface area contributed by atoms with Crippen LogP contribution in [0.3, 0.4) is 0 Å². The van der Waals surface area contributed by atoms with E-state index in [0.29, 0.717) is 6.42 Å². The number of carbonyl (C=O) groups is 2. The molecule has 1 unspecified atom stereocenters. The van der Waals surface area contributed by atoms with E-state index in [1.54, 1.807) is 6.07 Å². The van der Waals surface area contributed by atoms with Crippen molar-refractivity contribution in [2.45, 2.75) is 26.3 Å². The van der Waals surface area contributed by atoms with E-state index in [9.17, 15) is 9.59 Å². The maximum absolute atomic E-state index is 11.6. The Balaban J connectivity index is 2.45. The average Bonchev–Trinajstić information content (AvgIpc) is 2.53. The molecule has 0 aliphatic rings. The highest BCUT2D eigenvalue weighted by atomic mass is 32.1. The molecule has 4 heteroatoms. The summed E-state index contributed by atoms with van der Waals surface area (Å²) in [5.74, 6) is -0.0160. The van der Waals surface area contributed by atoms with E-state index in [1.165, 1.54) is 18.3 Å². The first-order valence-electron chi connectivity index (χ1n) is 4.43. The van der Waals surface area contributed by atoms with E-state index < -0.39 is 0 Å². The zero-order chi connectivity index (χ0) is 10.6. The van der Waals surface area contributed by atoms with Crippen LogP contribution in [0.4, 0.5) is 0 Å². The van der Waals surface area contributed by atoms with Gasteiger partial charge in [-0.1, -0.05) is 6.07 Å². The van der Waals surface area contributed by atoms with Gasteiger partial charge in [0.2, 0.25) is 5.91 Å². The fraction of sp³-hybridized carbons (Fsp3) is 0.400. The number of thiophene rings is 1. The van der Waals surface area contributed by atoms with Crippen LogP contribution in [0.15, 0.2) is 17.5 Å². The van der Waals surface area contributed by atoms with Crippen LogP contribution >= 0.6 is 11.3 Å². The van der Waals surface area contributed by atoms with Gasteiger partial charge in [0.25, 0.3) is 0 Å². The average molecular weight is 211 g/mol. The van der Waals surface area contributed by atoms with E-state index in [0.717, 1.165) is 4.88 Å². The van der Waals surface area contributed by atoms with Crippen LogP contribution in [-0.2, 0) is 4.79 Å². The molecule has 0 saturated heterocycles. The van der Waals surface area contributed by atoms with Gasteiger partial charge in [0.1, 0.15) is 0 Å². The molecule has 3 nitrogen and oxygen atoms in total. The van der Waals surface area contributed by atoms with Gasteiger partial charge >= 0.3 is 0 Å². The molecule has 0 bridgehead atoms. The lowest BCUT2D eigenvalue weighted by Gasteiger charge is -2.10. The lowest BCUT2D eigenvalue weighted by atomic mass is 10.1. The van der Waals surface area contributed by atoms with E-state index >= 15 is 0 Å². The topological polar surface area (TPSA) is 46.2 Å². The summed E-state index contributed by atoms with van der Waals surface area (Å²) in [6.07, 6.45) is 0.361. The predicted octanol–water partition coefficient (Wildman–Crippen LogP) is 1.85. The molecule has 1 aromatic heterocycles. The molecule has 0 aliphatic carbocycles. The molecule has 76 valence electrons. The van der Waals surface area contributed by atoms with Crippen molar-refractivity contribution < 1.29 is 9.59 Å². The van der Waals surface area contributed by atoms with E-state index in [4.69, 9.17) is 0 Å². The second-order valence-electron chi connectivity index (χ2n) is 3.21. The summed E-state index contributed by atoms with van der Waals surface area (Å²) in [5.41, 5.74) is 0. The molecular weight excluding hydrogens is 198 g/mol. The van der Waals surface area contributed by atoms with E-state index in [2.05, 4.69) is 5.32 Å². The van der Waals surface area contributed by atoms with Crippen molar-refractivity contribution >= 4 is 23.0 Å². The molecule has 0 saturated carbocycles. The third-order valence-electron chi connectivity index (χ3n) is 1.74. The zero-order valence-corrected chi connectivity index (χ0v) is 9.06. The van der Waals surface area contributed by atoms with Crippen LogP contribution in [0.25, 0.3) is 0 Å². The van der Waals surface area contributed by atoms with Gasteiger partial charge in [-0.25, -0.2) is 0 Å². The van der Waals surface area contributed by atoms with Gasteiger partial charge in [-0.2, -0.15) is 0 Å². The van der Waals surface area contributed by atoms with Crippen molar-refractivity contribution in [1.29, 1.82) is 0 Å². The number of amides is 1. The molecule has 1 atom stereocenters. The molecule has 1 heterocycles. The highest BCUT2D eigenvalue weighted by molar-refractivity contribution is 7.12. The number of hydrogen-bond acceptors (Lipinski definition) is 3. The SMILES string of the molecule is CC(=O)NC(C)CC(=O)c1cccs1. The van der Waals surface area contributed by atoms with Crippen LogP contribution in [-0.4, -0.2) is 17.7 Å². The third kappa shape index (κ3) is 3.30. The summed E-state index contributed by atoms with van der Waals surface area (Å²) in [6, 6.07) is 3.55. The summed E-state index contributed by atoms with van der Waals surface area (Å²) in [5, 5.41) is 4.55. The fourth-order valence-corrected chi connectivity index (χ4v) is 1.89. The minimum atomic E-state index is -0.100. The Morgan fingerprint density at radius 2 is 2.29 bits per heavy atom. The Labute approximate surface area is 87.1 Å². The first-order valence-corrected chi connectivity index (χ1v) is 5.31. The normalized spacial score (nSPS) is 12.1. The summed E-state index contributed by atoms with van der Waals surface area (Å²) in [6.45, 7) is 3.28. The minimum Gasteiger partial charge on any atom is -0.353 e. The molecule has 0 fully saturated rings. The maximum Gasteiger partial charge on any atom is 0.217 e. The highest BCUT2D eigenvalue weighted by Gasteiger charge is 2.12. The second kappa shape index (κ2) is 4.91. The summed E-state index contributed by atoms with van der Waals surface area (Å²) in [4.78, 5) is 23.0. The summed E-state index contributed by atoms with van der Waals surface area (Å²) >= 11 is 1.43. The van der Waals surface area contributed by atoms with Crippen molar-refractivity contribution in [3.63, 3.8) is 0 Å².